The van der Waals surface area contributed by atoms with Gasteiger partial charge < -0.3 is 55.4 Å². The van der Waals surface area contributed by atoms with E-state index in [0.29, 0.717) is 12.8 Å². The Morgan fingerprint density at radius 3 is 1.46 bits per heavy atom. The molecule has 8 atom stereocenters. The summed E-state index contributed by atoms with van der Waals surface area (Å²) in [6, 6.07) is -2.13. The lowest BCUT2D eigenvalue weighted by molar-refractivity contribution is -0.267. The molecule has 2 amide bonds. The molecule has 0 radical (unpaired) electrons. The molecule has 392 valence electrons. The Morgan fingerprint density at radius 1 is 0.627 bits per heavy atom. The van der Waals surface area contributed by atoms with Crippen LogP contribution in [0.1, 0.15) is 220 Å². The Kier molecular flexibility index (Phi) is 38.0. The molecule has 1 fully saturated rings. The van der Waals surface area contributed by atoms with Crippen LogP contribution in [0.5, 0.6) is 0 Å². The molecule has 1 heterocycles. The molecule has 1 aliphatic rings. The Hall–Kier alpha value is -2.89. The minimum absolute atomic E-state index is 0.0152. The molecule has 1 rings (SSSR count). The van der Waals surface area contributed by atoms with Gasteiger partial charge in [0.15, 0.2) is 12.4 Å². The smallest absolute Gasteiger partial charge is 0.306 e. The first kappa shape index (κ1) is 62.1. The molecule has 0 spiro atoms. The lowest BCUT2D eigenvalue weighted by Crippen LogP contribution is -2.65. The number of carbonyl (C=O) groups is 5. The zero-order valence-corrected chi connectivity index (χ0v) is 42.2. The van der Waals surface area contributed by atoms with Crippen LogP contribution in [-0.2, 0) is 47.7 Å². The summed E-state index contributed by atoms with van der Waals surface area (Å²) in [7, 11) is 0. The fourth-order valence-corrected chi connectivity index (χ4v) is 8.32. The summed E-state index contributed by atoms with van der Waals surface area (Å²) in [6.45, 7) is 6.15. The van der Waals surface area contributed by atoms with Crippen LogP contribution in [0.4, 0.5) is 0 Å². The van der Waals surface area contributed by atoms with E-state index in [4.69, 9.17) is 29.4 Å². The second kappa shape index (κ2) is 40.9. The summed E-state index contributed by atoms with van der Waals surface area (Å²) in [5.74, 6) is -2.78. The maximum absolute atomic E-state index is 12.9. The normalized spacial score (nSPS) is 19.6. The van der Waals surface area contributed by atoms with Crippen molar-refractivity contribution in [3.8, 4) is 0 Å². The van der Waals surface area contributed by atoms with Crippen molar-refractivity contribution in [1.29, 1.82) is 0 Å². The van der Waals surface area contributed by atoms with Crippen LogP contribution in [0.25, 0.3) is 0 Å². The summed E-state index contributed by atoms with van der Waals surface area (Å²) in [4.78, 5) is 62.6. The van der Waals surface area contributed by atoms with Crippen molar-refractivity contribution < 1.29 is 63.0 Å². The SMILES string of the molecule is CCCCCCCCCCCCCCCC(=O)OC[C@H](COC(=O)CC[C@@H](NCC(C)O[C@H]1[C@H](O)[C@@H](CO)O[C@H](O)[C@@H]1NC(C)=O)C(N)=O)OC(=O)CCCCCCCCCCCCCCC. The zero-order valence-electron chi connectivity index (χ0n) is 42.2. The highest BCUT2D eigenvalue weighted by molar-refractivity contribution is 5.80. The molecule has 0 aliphatic carbocycles. The third-order valence-corrected chi connectivity index (χ3v) is 12.4. The lowest BCUT2D eigenvalue weighted by atomic mass is 9.96. The predicted molar refractivity (Wildman–Crippen MR) is 259 cm³/mol. The Bertz CT molecular complexity index is 1290. The molecule has 0 aromatic heterocycles. The van der Waals surface area contributed by atoms with Crippen molar-refractivity contribution in [2.24, 2.45) is 5.73 Å². The minimum Gasteiger partial charge on any atom is -0.462 e. The van der Waals surface area contributed by atoms with Gasteiger partial charge in [-0.15, -0.1) is 0 Å². The van der Waals surface area contributed by atoms with E-state index >= 15 is 0 Å². The summed E-state index contributed by atoms with van der Waals surface area (Å²) in [5.41, 5.74) is 5.63. The molecule has 0 aromatic rings. The van der Waals surface area contributed by atoms with Gasteiger partial charge in [-0.1, -0.05) is 168 Å². The number of rotatable bonds is 44. The van der Waals surface area contributed by atoms with Crippen LogP contribution in [0.15, 0.2) is 0 Å². The topological polar surface area (TPSA) is 242 Å². The van der Waals surface area contributed by atoms with E-state index in [-0.39, 0.29) is 45.4 Å². The molecule has 16 nitrogen and oxygen atoms in total. The van der Waals surface area contributed by atoms with Crippen molar-refractivity contribution in [3.63, 3.8) is 0 Å². The molecule has 67 heavy (non-hydrogen) atoms. The van der Waals surface area contributed by atoms with Gasteiger partial charge in [-0.05, 0) is 26.2 Å². The monoisotopic (exact) mass is 958 g/mol. The fourth-order valence-electron chi connectivity index (χ4n) is 8.32. The van der Waals surface area contributed by atoms with Crippen LogP contribution < -0.4 is 16.4 Å². The number of unbranched alkanes of at least 4 members (excludes halogenated alkanes) is 24. The van der Waals surface area contributed by atoms with Crippen LogP contribution in [-0.4, -0.2) is 120 Å². The number of carbonyl (C=O) groups excluding carboxylic acids is 5. The number of ether oxygens (including phenoxy) is 5. The van der Waals surface area contributed by atoms with Crippen LogP contribution >= 0.6 is 0 Å². The molecule has 16 heteroatoms. The molecular weight excluding hydrogens is 863 g/mol. The van der Waals surface area contributed by atoms with Gasteiger partial charge in [-0.25, -0.2) is 0 Å². The van der Waals surface area contributed by atoms with Crippen molar-refractivity contribution in [3.05, 3.63) is 0 Å². The number of nitrogens with one attached hydrogen (secondary N) is 2. The van der Waals surface area contributed by atoms with E-state index in [0.717, 1.165) is 38.5 Å². The Morgan fingerprint density at radius 2 is 1.04 bits per heavy atom. The van der Waals surface area contributed by atoms with Gasteiger partial charge in [-0.3, -0.25) is 24.0 Å². The fraction of sp³-hybridized carbons (Fsp3) is 0.902. The summed E-state index contributed by atoms with van der Waals surface area (Å²) in [5, 5.41) is 36.2. The number of nitrogens with two attached hydrogens (primary N) is 1. The summed E-state index contributed by atoms with van der Waals surface area (Å²) < 4.78 is 27.8. The van der Waals surface area contributed by atoms with E-state index in [1.807, 2.05) is 0 Å². The molecule has 1 unspecified atom stereocenters. The number of esters is 3. The maximum atomic E-state index is 12.9. The average molecular weight is 958 g/mol. The van der Waals surface area contributed by atoms with E-state index in [2.05, 4.69) is 24.5 Å². The minimum atomic E-state index is -1.56. The molecule has 1 aliphatic heterocycles. The number of amides is 2. The predicted octanol–water partition coefficient (Wildman–Crippen LogP) is 7.52. The molecular formula is C51H95N3O13. The van der Waals surface area contributed by atoms with Crippen molar-refractivity contribution in [1.82, 2.24) is 10.6 Å². The molecule has 0 aromatic carbocycles. The van der Waals surface area contributed by atoms with Gasteiger partial charge in [0, 0.05) is 32.7 Å². The van der Waals surface area contributed by atoms with Gasteiger partial charge in [0.1, 0.15) is 37.6 Å². The van der Waals surface area contributed by atoms with Gasteiger partial charge in [0.25, 0.3) is 0 Å². The third kappa shape index (κ3) is 32.5. The first-order valence-electron chi connectivity index (χ1n) is 26.4. The Balaban J connectivity index is 2.60. The highest BCUT2D eigenvalue weighted by atomic mass is 16.6. The molecule has 1 saturated heterocycles. The Labute approximate surface area is 403 Å². The summed E-state index contributed by atoms with van der Waals surface area (Å²) in [6.07, 6.45) is 24.1. The number of hydrogen-bond acceptors (Lipinski definition) is 14. The van der Waals surface area contributed by atoms with Crippen LogP contribution in [0.2, 0.25) is 0 Å². The molecule has 0 saturated carbocycles. The van der Waals surface area contributed by atoms with E-state index in [1.54, 1.807) is 6.92 Å². The van der Waals surface area contributed by atoms with Gasteiger partial charge in [0.2, 0.25) is 11.8 Å². The quantitative estimate of drug-likeness (QED) is 0.0197. The first-order valence-corrected chi connectivity index (χ1v) is 26.4. The van der Waals surface area contributed by atoms with Crippen molar-refractivity contribution in [2.45, 2.75) is 269 Å². The second-order valence-corrected chi connectivity index (χ2v) is 18.7. The van der Waals surface area contributed by atoms with Crippen molar-refractivity contribution >= 4 is 29.7 Å². The van der Waals surface area contributed by atoms with E-state index < -0.39 is 85.2 Å². The first-order chi connectivity index (χ1) is 32.3. The zero-order chi connectivity index (χ0) is 49.5. The molecule has 0 bridgehead atoms. The largest absolute Gasteiger partial charge is 0.462 e. The third-order valence-electron chi connectivity index (χ3n) is 12.4. The van der Waals surface area contributed by atoms with Crippen molar-refractivity contribution in [2.75, 3.05) is 26.4 Å². The maximum Gasteiger partial charge on any atom is 0.306 e. The van der Waals surface area contributed by atoms with Gasteiger partial charge in [0.05, 0.1) is 18.8 Å². The second-order valence-electron chi connectivity index (χ2n) is 18.7. The highest BCUT2D eigenvalue weighted by Crippen LogP contribution is 2.24. The number of hydrogen-bond donors (Lipinski definition) is 6. The number of primary amides is 1. The summed E-state index contributed by atoms with van der Waals surface area (Å²) >= 11 is 0. The lowest BCUT2D eigenvalue weighted by Gasteiger charge is -2.43. The van der Waals surface area contributed by atoms with E-state index in [9.17, 15) is 39.3 Å². The van der Waals surface area contributed by atoms with Gasteiger partial charge >= 0.3 is 17.9 Å². The van der Waals surface area contributed by atoms with Crippen LogP contribution in [0, 0.1) is 0 Å². The molecule has 7 N–H and O–H groups in total. The van der Waals surface area contributed by atoms with Gasteiger partial charge in [-0.2, -0.15) is 0 Å². The number of aliphatic hydroxyl groups excluding tert-OH is 3. The average Bonchev–Trinajstić information content (AvgIpc) is 3.29. The van der Waals surface area contributed by atoms with E-state index in [1.165, 1.54) is 122 Å². The number of aliphatic hydroxyl groups is 3. The highest BCUT2D eigenvalue weighted by Gasteiger charge is 2.46. The standard InChI is InChI=1S/C51H95N3O13/c1-5-7-9-11-13-15-17-19-21-23-25-27-29-31-44(57)63-37-41(66-46(59)32-30-28-26-24-22-20-18-16-14-12-10-8-6-2)38-64-45(58)34-33-42(50(52)61)53-35-39(3)65-49-47(54-40(4)56)51(62)67-43(36-55)48(49)60/h39,41-43,47-49,51,53,55,60,62H,5-38H2,1-4H3,(H2,52,61)(H,54,56)/t39?,41-,42-,43-,47-,48-,49-,51+/m1/s1. The van der Waals surface area contributed by atoms with Crippen LogP contribution in [0.3, 0.4) is 0 Å².